The molecule has 3 aromatic rings. The lowest BCUT2D eigenvalue weighted by Crippen LogP contribution is -2.24. The van der Waals surface area contributed by atoms with E-state index in [0.717, 1.165) is 12.1 Å². The first-order valence-corrected chi connectivity index (χ1v) is 8.93. The number of ether oxygens (including phenoxy) is 1. The van der Waals surface area contributed by atoms with Crippen LogP contribution in [0.2, 0.25) is 0 Å². The van der Waals surface area contributed by atoms with Gasteiger partial charge in [0.25, 0.3) is 5.91 Å². The van der Waals surface area contributed by atoms with Gasteiger partial charge in [-0.05, 0) is 43.2 Å². The number of hydrogen-bond donors (Lipinski definition) is 1. The minimum atomic E-state index is -0.197. The normalized spacial score (nSPS) is 15.3. The maximum atomic E-state index is 12.7. The number of anilines is 3. The molecule has 5 nitrogen and oxygen atoms in total. The number of pyridine rings is 1. The summed E-state index contributed by atoms with van der Waals surface area (Å²) in [4.78, 5) is 19.2. The first-order chi connectivity index (χ1) is 13.2. The van der Waals surface area contributed by atoms with Crippen molar-refractivity contribution < 1.29 is 9.53 Å². The van der Waals surface area contributed by atoms with Crippen molar-refractivity contribution in [3.63, 3.8) is 0 Å². The van der Waals surface area contributed by atoms with Gasteiger partial charge in [-0.25, -0.2) is 0 Å². The first kappa shape index (κ1) is 17.1. The third kappa shape index (κ3) is 3.36. The lowest BCUT2D eigenvalue weighted by molar-refractivity contribution is 0.102. The Morgan fingerprint density at radius 1 is 1.15 bits per heavy atom. The van der Waals surface area contributed by atoms with E-state index in [1.165, 1.54) is 11.3 Å². The van der Waals surface area contributed by atoms with Gasteiger partial charge < -0.3 is 15.0 Å². The second-order valence-electron chi connectivity index (χ2n) is 6.67. The summed E-state index contributed by atoms with van der Waals surface area (Å²) in [5.74, 6) is 0.500. The van der Waals surface area contributed by atoms with Gasteiger partial charge in [-0.15, -0.1) is 0 Å². The Bertz CT molecular complexity index is 987. The zero-order valence-corrected chi connectivity index (χ0v) is 15.3. The molecule has 1 aromatic heterocycles. The van der Waals surface area contributed by atoms with E-state index in [2.05, 4.69) is 40.3 Å². The maximum absolute atomic E-state index is 12.7. The van der Waals surface area contributed by atoms with E-state index in [0.29, 0.717) is 23.0 Å². The molecule has 1 unspecified atom stereocenters. The monoisotopic (exact) mass is 359 g/mol. The van der Waals surface area contributed by atoms with Gasteiger partial charge in [0.2, 0.25) is 0 Å². The molecule has 1 N–H and O–H groups in total. The third-order valence-electron chi connectivity index (χ3n) is 4.80. The Morgan fingerprint density at radius 3 is 2.85 bits per heavy atom. The lowest BCUT2D eigenvalue weighted by Gasteiger charge is -2.25. The van der Waals surface area contributed by atoms with Gasteiger partial charge >= 0.3 is 0 Å². The Balaban J connectivity index is 1.60. The highest BCUT2D eigenvalue weighted by atomic mass is 16.5. The second kappa shape index (κ2) is 7.11. The minimum absolute atomic E-state index is 0.197. The van der Waals surface area contributed by atoms with E-state index in [9.17, 15) is 4.79 Å². The quantitative estimate of drug-likeness (QED) is 0.749. The maximum Gasteiger partial charge on any atom is 0.257 e. The predicted molar refractivity (Wildman–Crippen MR) is 107 cm³/mol. The molecule has 2 heterocycles. The van der Waals surface area contributed by atoms with Crippen LogP contribution < -0.4 is 15.0 Å². The van der Waals surface area contributed by atoms with Crippen LogP contribution in [0.4, 0.5) is 17.1 Å². The summed E-state index contributed by atoms with van der Waals surface area (Å²) in [7, 11) is 1.60. The van der Waals surface area contributed by atoms with E-state index in [-0.39, 0.29) is 5.91 Å². The number of aromatic nitrogens is 1. The standard InChI is InChI=1S/C22H21N3O2/c1-15-10-16-6-3-4-9-21(16)25(15)19-11-17(13-23-14-19)22(26)24-18-7-5-8-20(12-18)27-2/h3-9,11-15H,10H2,1-2H3,(H,24,26). The summed E-state index contributed by atoms with van der Waals surface area (Å²) in [6, 6.07) is 17.9. The number of amides is 1. The van der Waals surface area contributed by atoms with Gasteiger partial charge in [-0.2, -0.15) is 0 Å². The van der Waals surface area contributed by atoms with Crippen LogP contribution in [-0.2, 0) is 6.42 Å². The number of fused-ring (bicyclic) bond motifs is 1. The van der Waals surface area contributed by atoms with Gasteiger partial charge in [0.1, 0.15) is 5.75 Å². The molecule has 5 heteroatoms. The molecule has 1 aliphatic rings. The number of rotatable bonds is 4. The molecule has 27 heavy (non-hydrogen) atoms. The molecular weight excluding hydrogens is 338 g/mol. The molecule has 1 atom stereocenters. The van der Waals surface area contributed by atoms with Crippen LogP contribution in [0.15, 0.2) is 67.0 Å². The second-order valence-corrected chi connectivity index (χ2v) is 6.67. The van der Waals surface area contributed by atoms with Gasteiger partial charge in [0.05, 0.1) is 24.6 Å². The number of nitrogens with zero attached hydrogens (tertiary/aromatic N) is 2. The molecule has 0 saturated carbocycles. The average Bonchev–Trinajstić information content (AvgIpc) is 3.04. The predicted octanol–water partition coefficient (Wildman–Crippen LogP) is 4.43. The van der Waals surface area contributed by atoms with Crippen molar-refractivity contribution in [3.8, 4) is 5.75 Å². The average molecular weight is 359 g/mol. The lowest BCUT2D eigenvalue weighted by atomic mass is 10.1. The number of carbonyl (C=O) groups excluding carboxylic acids is 1. The molecule has 0 aliphatic carbocycles. The van der Waals surface area contributed by atoms with Gasteiger partial charge in [0, 0.05) is 29.7 Å². The molecular formula is C22H21N3O2. The van der Waals surface area contributed by atoms with Crippen molar-refractivity contribution in [2.45, 2.75) is 19.4 Å². The number of hydrogen-bond acceptors (Lipinski definition) is 4. The fraction of sp³-hybridized carbons (Fsp3) is 0.182. The molecule has 2 aromatic carbocycles. The van der Waals surface area contributed by atoms with Crippen LogP contribution in [0.1, 0.15) is 22.8 Å². The van der Waals surface area contributed by atoms with E-state index in [1.807, 2.05) is 30.3 Å². The molecule has 0 spiro atoms. The van der Waals surface area contributed by atoms with E-state index < -0.39 is 0 Å². The van der Waals surface area contributed by atoms with Crippen LogP contribution in [0, 0.1) is 0 Å². The molecule has 0 radical (unpaired) electrons. The number of carbonyl (C=O) groups is 1. The Kier molecular flexibility index (Phi) is 4.50. The van der Waals surface area contributed by atoms with Gasteiger partial charge in [-0.1, -0.05) is 24.3 Å². The highest BCUT2D eigenvalue weighted by Gasteiger charge is 2.27. The highest BCUT2D eigenvalue weighted by Crippen LogP contribution is 2.37. The van der Waals surface area contributed by atoms with E-state index in [4.69, 9.17) is 4.74 Å². The Hall–Kier alpha value is -3.34. The molecule has 0 bridgehead atoms. The summed E-state index contributed by atoms with van der Waals surface area (Å²) in [5, 5.41) is 2.90. The van der Waals surface area contributed by atoms with Crippen LogP contribution in [0.5, 0.6) is 5.75 Å². The third-order valence-corrected chi connectivity index (χ3v) is 4.80. The van der Waals surface area contributed by atoms with Crippen molar-refractivity contribution in [1.29, 1.82) is 0 Å². The Morgan fingerprint density at radius 2 is 2.00 bits per heavy atom. The number of methoxy groups -OCH3 is 1. The van der Waals surface area contributed by atoms with E-state index in [1.54, 1.807) is 25.6 Å². The smallest absolute Gasteiger partial charge is 0.257 e. The zero-order chi connectivity index (χ0) is 18.8. The molecule has 0 saturated heterocycles. The molecule has 4 rings (SSSR count). The number of benzene rings is 2. The van der Waals surface area contributed by atoms with Crippen LogP contribution in [0.25, 0.3) is 0 Å². The molecule has 1 amide bonds. The molecule has 136 valence electrons. The van der Waals surface area contributed by atoms with Crippen LogP contribution in [-0.4, -0.2) is 24.0 Å². The summed E-state index contributed by atoms with van der Waals surface area (Å²) in [5.41, 5.74) is 4.62. The zero-order valence-electron chi connectivity index (χ0n) is 15.3. The van der Waals surface area contributed by atoms with Crippen molar-refractivity contribution >= 4 is 23.0 Å². The number of para-hydroxylation sites is 1. The highest BCUT2D eigenvalue weighted by molar-refractivity contribution is 6.04. The first-order valence-electron chi connectivity index (χ1n) is 8.93. The fourth-order valence-electron chi connectivity index (χ4n) is 3.55. The van der Waals surface area contributed by atoms with Gasteiger partial charge in [0.15, 0.2) is 0 Å². The van der Waals surface area contributed by atoms with Crippen molar-refractivity contribution in [2.24, 2.45) is 0 Å². The summed E-state index contributed by atoms with van der Waals surface area (Å²) < 4.78 is 5.20. The van der Waals surface area contributed by atoms with Crippen molar-refractivity contribution in [3.05, 3.63) is 78.1 Å². The topological polar surface area (TPSA) is 54.5 Å². The van der Waals surface area contributed by atoms with E-state index >= 15 is 0 Å². The van der Waals surface area contributed by atoms with Gasteiger partial charge in [-0.3, -0.25) is 9.78 Å². The summed E-state index contributed by atoms with van der Waals surface area (Å²) >= 11 is 0. The Labute approximate surface area is 158 Å². The van der Waals surface area contributed by atoms with Crippen LogP contribution >= 0.6 is 0 Å². The number of nitrogens with one attached hydrogen (secondary N) is 1. The minimum Gasteiger partial charge on any atom is -0.497 e. The SMILES string of the molecule is COc1cccc(NC(=O)c2cncc(N3c4ccccc4CC3C)c2)c1. The molecule has 0 fully saturated rings. The van der Waals surface area contributed by atoms with Crippen molar-refractivity contribution in [2.75, 3.05) is 17.3 Å². The van der Waals surface area contributed by atoms with Crippen LogP contribution in [0.3, 0.4) is 0 Å². The summed E-state index contributed by atoms with van der Waals surface area (Å²) in [6.45, 7) is 2.18. The fourth-order valence-corrected chi connectivity index (χ4v) is 3.55. The molecule has 1 aliphatic heterocycles. The largest absolute Gasteiger partial charge is 0.497 e. The summed E-state index contributed by atoms with van der Waals surface area (Å²) in [6.07, 6.45) is 4.38. The van der Waals surface area contributed by atoms with Crippen molar-refractivity contribution in [1.82, 2.24) is 4.98 Å².